The molecule has 2 heterocycles. The van der Waals surface area contributed by atoms with Crippen molar-refractivity contribution in [3.8, 4) is 0 Å². The molecule has 0 bridgehead atoms. The summed E-state index contributed by atoms with van der Waals surface area (Å²) < 4.78 is 2.73. The van der Waals surface area contributed by atoms with E-state index in [0.717, 1.165) is 28.5 Å². The van der Waals surface area contributed by atoms with Crippen LogP contribution >= 0.6 is 15.9 Å². The second-order valence-corrected chi connectivity index (χ2v) is 6.17. The summed E-state index contributed by atoms with van der Waals surface area (Å²) in [6, 6.07) is 2.20. The molecule has 1 aliphatic carbocycles. The Morgan fingerprint density at radius 3 is 3.11 bits per heavy atom. The highest BCUT2D eigenvalue weighted by atomic mass is 79.9. The van der Waals surface area contributed by atoms with Gasteiger partial charge in [-0.15, -0.1) is 0 Å². The molecule has 2 unspecified atom stereocenters. The second kappa shape index (κ2) is 4.53. The Morgan fingerprint density at radius 1 is 1.50 bits per heavy atom. The maximum Gasteiger partial charge on any atom is 0.327 e. The highest BCUT2D eigenvalue weighted by Crippen LogP contribution is 2.32. The van der Waals surface area contributed by atoms with E-state index in [1.54, 1.807) is 6.20 Å². The largest absolute Gasteiger partial charge is 0.327 e. The Balaban J connectivity index is 2.10. The van der Waals surface area contributed by atoms with Gasteiger partial charge in [-0.05, 0) is 40.8 Å². The zero-order chi connectivity index (χ0) is 12.7. The van der Waals surface area contributed by atoms with Gasteiger partial charge in [-0.2, -0.15) is 0 Å². The molecule has 0 amide bonds. The number of fused-ring (bicyclic) bond motifs is 1. The maximum atomic E-state index is 12.1. The molecule has 3 rings (SSSR count). The quantitative estimate of drug-likeness (QED) is 0.879. The summed E-state index contributed by atoms with van der Waals surface area (Å²) in [6.45, 7) is 2.26. The van der Waals surface area contributed by atoms with Gasteiger partial charge in [-0.1, -0.05) is 19.8 Å². The molecule has 0 aliphatic heterocycles. The molecule has 0 spiro atoms. The van der Waals surface area contributed by atoms with E-state index in [1.807, 2.05) is 10.6 Å². The van der Waals surface area contributed by atoms with E-state index in [4.69, 9.17) is 0 Å². The summed E-state index contributed by atoms with van der Waals surface area (Å²) in [5, 5.41) is 0. The molecule has 96 valence electrons. The lowest BCUT2D eigenvalue weighted by molar-refractivity contribution is 0.282. The Hall–Kier alpha value is -1.10. The minimum Gasteiger partial charge on any atom is -0.304 e. The fourth-order valence-corrected chi connectivity index (χ4v) is 3.29. The van der Waals surface area contributed by atoms with Gasteiger partial charge in [0.25, 0.3) is 0 Å². The molecule has 1 saturated carbocycles. The van der Waals surface area contributed by atoms with Crippen molar-refractivity contribution in [2.45, 2.75) is 38.6 Å². The SMILES string of the molecule is CC1CCCC(n2c(=O)[nH]c3cc(Br)cnc32)C1. The van der Waals surface area contributed by atoms with Crippen LogP contribution in [0.4, 0.5) is 0 Å². The van der Waals surface area contributed by atoms with E-state index in [1.165, 1.54) is 12.8 Å². The van der Waals surface area contributed by atoms with Crippen LogP contribution in [0, 0.1) is 5.92 Å². The number of hydrogen-bond acceptors (Lipinski definition) is 2. The van der Waals surface area contributed by atoms with Gasteiger partial charge in [0.15, 0.2) is 5.65 Å². The van der Waals surface area contributed by atoms with Crippen molar-refractivity contribution >= 4 is 27.1 Å². The Kier molecular flexibility index (Phi) is 3.01. The first-order chi connectivity index (χ1) is 8.65. The first kappa shape index (κ1) is 12.0. The van der Waals surface area contributed by atoms with Crippen LogP contribution in [0.25, 0.3) is 11.2 Å². The van der Waals surface area contributed by atoms with E-state index in [-0.39, 0.29) is 5.69 Å². The van der Waals surface area contributed by atoms with Crippen LogP contribution in [0.2, 0.25) is 0 Å². The van der Waals surface area contributed by atoms with Crippen LogP contribution in [-0.4, -0.2) is 14.5 Å². The van der Waals surface area contributed by atoms with Gasteiger partial charge in [0.1, 0.15) is 0 Å². The Bertz CT molecular complexity index is 631. The lowest BCUT2D eigenvalue weighted by Gasteiger charge is -2.27. The third-order valence-corrected chi connectivity index (χ3v) is 4.23. The lowest BCUT2D eigenvalue weighted by Crippen LogP contribution is -2.26. The fourth-order valence-electron chi connectivity index (χ4n) is 2.96. The molecule has 2 aromatic rings. The summed E-state index contributed by atoms with van der Waals surface area (Å²) in [5.74, 6) is 0.691. The van der Waals surface area contributed by atoms with Crippen LogP contribution in [0.3, 0.4) is 0 Å². The topological polar surface area (TPSA) is 50.7 Å². The molecular weight excluding hydrogens is 294 g/mol. The summed E-state index contributed by atoms with van der Waals surface area (Å²) in [5.41, 5.74) is 1.56. The number of halogens is 1. The van der Waals surface area contributed by atoms with Crippen molar-refractivity contribution in [1.82, 2.24) is 14.5 Å². The summed E-state index contributed by atoms with van der Waals surface area (Å²) >= 11 is 3.38. The third kappa shape index (κ3) is 2.00. The number of H-pyrrole nitrogens is 1. The normalized spacial score (nSPS) is 24.6. The van der Waals surface area contributed by atoms with Gasteiger partial charge in [-0.3, -0.25) is 4.57 Å². The molecule has 5 heteroatoms. The molecular formula is C13H16BrN3O. The monoisotopic (exact) mass is 309 g/mol. The minimum atomic E-state index is -0.0327. The average Bonchev–Trinajstić information content (AvgIpc) is 2.64. The standard InChI is InChI=1S/C13H16BrN3O/c1-8-3-2-4-10(5-8)17-12-11(16-13(17)18)6-9(14)7-15-12/h6-8,10H,2-5H2,1H3,(H,16,18). The van der Waals surface area contributed by atoms with Crippen LogP contribution in [0.1, 0.15) is 38.6 Å². The number of pyridine rings is 1. The van der Waals surface area contributed by atoms with Crippen molar-refractivity contribution < 1.29 is 0 Å². The lowest BCUT2D eigenvalue weighted by atomic mass is 9.87. The minimum absolute atomic E-state index is 0.0327. The van der Waals surface area contributed by atoms with Gasteiger partial charge < -0.3 is 4.98 Å². The van der Waals surface area contributed by atoms with Crippen molar-refractivity contribution in [3.05, 3.63) is 27.2 Å². The summed E-state index contributed by atoms with van der Waals surface area (Å²) in [7, 11) is 0. The van der Waals surface area contributed by atoms with Crippen molar-refractivity contribution in [3.63, 3.8) is 0 Å². The molecule has 2 atom stereocenters. The van der Waals surface area contributed by atoms with Crippen LogP contribution in [0.5, 0.6) is 0 Å². The van der Waals surface area contributed by atoms with Crippen LogP contribution in [-0.2, 0) is 0 Å². The number of nitrogens with zero attached hydrogens (tertiary/aromatic N) is 2. The summed E-state index contributed by atoms with van der Waals surface area (Å²) in [6.07, 6.45) is 6.37. The second-order valence-electron chi connectivity index (χ2n) is 5.25. The van der Waals surface area contributed by atoms with Crippen molar-refractivity contribution in [2.75, 3.05) is 0 Å². The van der Waals surface area contributed by atoms with Crippen molar-refractivity contribution in [2.24, 2.45) is 5.92 Å². The third-order valence-electron chi connectivity index (χ3n) is 3.80. The van der Waals surface area contributed by atoms with Crippen LogP contribution < -0.4 is 5.69 Å². The average molecular weight is 310 g/mol. The Labute approximate surface area is 114 Å². The highest BCUT2D eigenvalue weighted by Gasteiger charge is 2.23. The molecule has 2 aromatic heterocycles. The van der Waals surface area contributed by atoms with E-state index in [2.05, 4.69) is 32.8 Å². The predicted octanol–water partition coefficient (Wildman–Crippen LogP) is 3.24. The smallest absolute Gasteiger partial charge is 0.304 e. The summed E-state index contributed by atoms with van der Waals surface area (Å²) in [4.78, 5) is 19.4. The maximum absolute atomic E-state index is 12.1. The first-order valence-corrected chi connectivity index (χ1v) is 7.20. The molecule has 1 N–H and O–H groups in total. The van der Waals surface area contributed by atoms with Gasteiger partial charge in [0.2, 0.25) is 0 Å². The molecule has 1 aliphatic rings. The van der Waals surface area contributed by atoms with Gasteiger partial charge >= 0.3 is 5.69 Å². The zero-order valence-electron chi connectivity index (χ0n) is 10.3. The molecule has 0 saturated heterocycles. The molecule has 0 aromatic carbocycles. The Morgan fingerprint density at radius 2 is 2.33 bits per heavy atom. The van der Waals surface area contributed by atoms with E-state index >= 15 is 0 Å². The fraction of sp³-hybridized carbons (Fsp3) is 0.538. The first-order valence-electron chi connectivity index (χ1n) is 6.41. The van der Waals surface area contributed by atoms with Crippen LogP contribution in [0.15, 0.2) is 21.5 Å². The zero-order valence-corrected chi connectivity index (χ0v) is 11.9. The van der Waals surface area contributed by atoms with E-state index in [0.29, 0.717) is 12.0 Å². The molecule has 18 heavy (non-hydrogen) atoms. The highest BCUT2D eigenvalue weighted by molar-refractivity contribution is 9.10. The number of aromatic amines is 1. The van der Waals surface area contributed by atoms with Crippen molar-refractivity contribution in [1.29, 1.82) is 0 Å². The number of aromatic nitrogens is 3. The number of hydrogen-bond donors (Lipinski definition) is 1. The molecule has 4 nitrogen and oxygen atoms in total. The van der Waals surface area contributed by atoms with Gasteiger partial charge in [-0.25, -0.2) is 9.78 Å². The number of nitrogens with one attached hydrogen (secondary N) is 1. The molecule has 0 radical (unpaired) electrons. The number of imidazole rings is 1. The van der Waals surface area contributed by atoms with E-state index < -0.39 is 0 Å². The number of rotatable bonds is 1. The van der Waals surface area contributed by atoms with Gasteiger partial charge in [0.05, 0.1) is 5.52 Å². The molecule has 1 fully saturated rings. The van der Waals surface area contributed by atoms with Gasteiger partial charge in [0, 0.05) is 16.7 Å². The van der Waals surface area contributed by atoms with E-state index in [9.17, 15) is 4.79 Å². The predicted molar refractivity (Wildman–Crippen MR) is 74.7 cm³/mol.